The molecule has 4 rings (SSSR count). The second-order valence-corrected chi connectivity index (χ2v) is 7.01. The van der Waals surface area contributed by atoms with Gasteiger partial charge in [-0.3, -0.25) is 14.5 Å². The molecule has 0 unspecified atom stereocenters. The predicted octanol–water partition coefficient (Wildman–Crippen LogP) is 2.49. The number of amides is 1. The van der Waals surface area contributed by atoms with Crippen LogP contribution in [0.2, 0.25) is 0 Å². The van der Waals surface area contributed by atoms with Crippen LogP contribution in [0.25, 0.3) is 10.9 Å². The molecular formula is C22H23N3O3. The number of aromatic nitrogens is 1. The molecule has 144 valence electrons. The number of aromatic amines is 1. The van der Waals surface area contributed by atoms with Crippen molar-refractivity contribution in [3.05, 3.63) is 76.1 Å². The van der Waals surface area contributed by atoms with Crippen LogP contribution in [-0.4, -0.2) is 54.0 Å². The Morgan fingerprint density at radius 2 is 1.79 bits per heavy atom. The lowest BCUT2D eigenvalue weighted by atomic mass is 10.1. The van der Waals surface area contributed by atoms with E-state index in [9.17, 15) is 9.59 Å². The number of fused-ring (bicyclic) bond motifs is 1. The van der Waals surface area contributed by atoms with Crippen LogP contribution >= 0.6 is 0 Å². The van der Waals surface area contributed by atoms with E-state index in [1.807, 2.05) is 59.5 Å². The highest BCUT2D eigenvalue weighted by Crippen LogP contribution is 2.19. The highest BCUT2D eigenvalue weighted by Gasteiger charge is 2.22. The molecule has 1 aliphatic rings. The van der Waals surface area contributed by atoms with Crippen molar-refractivity contribution in [1.82, 2.24) is 14.8 Å². The standard InChI is InChI=1S/C22H23N3O3/c1-28-19-8-7-17-13-18(21(26)23-20(17)14-19)15-24-9-11-25(12-10-24)22(27)16-5-3-2-4-6-16/h2-8,13-14H,9-12,15H2,1H3,(H,23,26). The van der Waals surface area contributed by atoms with Gasteiger partial charge in [-0.25, -0.2) is 0 Å². The zero-order valence-electron chi connectivity index (χ0n) is 15.9. The van der Waals surface area contributed by atoms with E-state index >= 15 is 0 Å². The Hall–Kier alpha value is -3.12. The molecule has 0 bridgehead atoms. The van der Waals surface area contributed by atoms with Gasteiger partial charge >= 0.3 is 0 Å². The van der Waals surface area contributed by atoms with E-state index in [2.05, 4.69) is 9.88 Å². The molecule has 1 fully saturated rings. The number of rotatable bonds is 4. The summed E-state index contributed by atoms with van der Waals surface area (Å²) in [6.07, 6.45) is 0. The third-order valence-electron chi connectivity index (χ3n) is 5.20. The highest BCUT2D eigenvalue weighted by molar-refractivity contribution is 5.94. The first-order valence-corrected chi connectivity index (χ1v) is 9.40. The molecule has 2 heterocycles. The molecule has 3 aromatic rings. The third kappa shape index (κ3) is 3.77. The van der Waals surface area contributed by atoms with Crippen LogP contribution in [0.4, 0.5) is 0 Å². The third-order valence-corrected chi connectivity index (χ3v) is 5.20. The Kier molecular flexibility index (Phi) is 5.12. The number of hydrogen-bond acceptors (Lipinski definition) is 4. The van der Waals surface area contributed by atoms with Crippen molar-refractivity contribution < 1.29 is 9.53 Å². The maximum Gasteiger partial charge on any atom is 0.253 e. The molecule has 6 heteroatoms. The fourth-order valence-corrected chi connectivity index (χ4v) is 3.58. The van der Waals surface area contributed by atoms with Gasteiger partial charge in [-0.15, -0.1) is 0 Å². The minimum absolute atomic E-state index is 0.0674. The van der Waals surface area contributed by atoms with Gasteiger partial charge in [-0.05, 0) is 35.7 Å². The van der Waals surface area contributed by atoms with E-state index in [0.717, 1.165) is 40.9 Å². The summed E-state index contributed by atoms with van der Waals surface area (Å²) in [6.45, 7) is 3.40. The normalized spacial score (nSPS) is 15.0. The smallest absolute Gasteiger partial charge is 0.253 e. The number of benzene rings is 2. The number of carbonyl (C=O) groups is 1. The van der Waals surface area contributed by atoms with Gasteiger partial charge in [0.25, 0.3) is 11.5 Å². The maximum absolute atomic E-state index is 12.6. The van der Waals surface area contributed by atoms with Crippen molar-refractivity contribution in [3.63, 3.8) is 0 Å². The maximum atomic E-state index is 12.6. The number of nitrogens with zero attached hydrogens (tertiary/aromatic N) is 2. The molecule has 2 aromatic carbocycles. The molecule has 6 nitrogen and oxygen atoms in total. The number of methoxy groups -OCH3 is 1. The van der Waals surface area contributed by atoms with Gasteiger partial charge < -0.3 is 14.6 Å². The molecular weight excluding hydrogens is 354 g/mol. The average Bonchev–Trinajstić information content (AvgIpc) is 2.74. The van der Waals surface area contributed by atoms with Crippen molar-refractivity contribution in [2.24, 2.45) is 0 Å². The monoisotopic (exact) mass is 377 g/mol. The second-order valence-electron chi connectivity index (χ2n) is 7.01. The Morgan fingerprint density at radius 3 is 2.50 bits per heavy atom. The van der Waals surface area contributed by atoms with Crippen LogP contribution in [0.15, 0.2) is 59.4 Å². The molecule has 1 amide bonds. The van der Waals surface area contributed by atoms with E-state index in [-0.39, 0.29) is 11.5 Å². The molecule has 28 heavy (non-hydrogen) atoms. The zero-order chi connectivity index (χ0) is 19.5. The molecule has 1 N–H and O–H groups in total. The zero-order valence-corrected chi connectivity index (χ0v) is 15.9. The van der Waals surface area contributed by atoms with Crippen LogP contribution in [0.1, 0.15) is 15.9 Å². The number of piperazine rings is 1. The average molecular weight is 377 g/mol. The number of hydrogen-bond donors (Lipinski definition) is 1. The second kappa shape index (κ2) is 7.86. The number of ether oxygens (including phenoxy) is 1. The fraction of sp³-hybridized carbons (Fsp3) is 0.273. The first-order valence-electron chi connectivity index (χ1n) is 9.40. The van der Waals surface area contributed by atoms with Crippen LogP contribution < -0.4 is 10.3 Å². The van der Waals surface area contributed by atoms with Crippen LogP contribution in [-0.2, 0) is 6.54 Å². The van der Waals surface area contributed by atoms with Gasteiger partial charge in [0.15, 0.2) is 0 Å². The minimum atomic E-state index is -0.0801. The van der Waals surface area contributed by atoms with Gasteiger partial charge in [0, 0.05) is 49.9 Å². The number of nitrogens with one attached hydrogen (secondary N) is 1. The topological polar surface area (TPSA) is 65.6 Å². The van der Waals surface area contributed by atoms with E-state index in [0.29, 0.717) is 19.6 Å². The summed E-state index contributed by atoms with van der Waals surface area (Å²) in [4.78, 5) is 32.1. The van der Waals surface area contributed by atoms with Crippen molar-refractivity contribution in [3.8, 4) is 5.75 Å². The molecule has 0 atom stereocenters. The van der Waals surface area contributed by atoms with Crippen molar-refractivity contribution in [1.29, 1.82) is 0 Å². The van der Waals surface area contributed by atoms with Gasteiger partial charge in [-0.2, -0.15) is 0 Å². The lowest BCUT2D eigenvalue weighted by Gasteiger charge is -2.34. The molecule has 0 saturated carbocycles. The molecule has 0 spiro atoms. The molecule has 0 aliphatic carbocycles. The Morgan fingerprint density at radius 1 is 1.04 bits per heavy atom. The Labute approximate surface area is 163 Å². The Bertz CT molecular complexity index is 1040. The van der Waals surface area contributed by atoms with Crippen molar-refractivity contribution in [2.45, 2.75) is 6.54 Å². The predicted molar refractivity (Wildman–Crippen MR) is 109 cm³/mol. The summed E-state index contributed by atoms with van der Waals surface area (Å²) >= 11 is 0. The first-order chi connectivity index (χ1) is 13.6. The van der Waals surface area contributed by atoms with E-state index < -0.39 is 0 Å². The summed E-state index contributed by atoms with van der Waals surface area (Å²) in [5.41, 5.74) is 2.15. The van der Waals surface area contributed by atoms with Crippen molar-refractivity contribution in [2.75, 3.05) is 33.3 Å². The van der Waals surface area contributed by atoms with Crippen molar-refractivity contribution >= 4 is 16.8 Å². The van der Waals surface area contributed by atoms with E-state index in [1.165, 1.54) is 0 Å². The molecule has 1 saturated heterocycles. The minimum Gasteiger partial charge on any atom is -0.497 e. The summed E-state index contributed by atoms with van der Waals surface area (Å²) in [5.74, 6) is 0.785. The van der Waals surface area contributed by atoms with Gasteiger partial charge in [0.1, 0.15) is 5.75 Å². The fourth-order valence-electron chi connectivity index (χ4n) is 3.58. The number of carbonyl (C=O) groups excluding carboxylic acids is 1. The van der Waals surface area contributed by atoms with Crippen LogP contribution in [0, 0.1) is 0 Å². The number of H-pyrrole nitrogens is 1. The van der Waals surface area contributed by atoms with Gasteiger partial charge in [0.2, 0.25) is 0 Å². The Balaban J connectivity index is 1.43. The molecule has 1 aromatic heterocycles. The lowest BCUT2D eigenvalue weighted by molar-refractivity contribution is 0.0628. The van der Waals surface area contributed by atoms with Gasteiger partial charge in [0.05, 0.1) is 12.6 Å². The number of pyridine rings is 1. The molecule has 1 aliphatic heterocycles. The molecule has 0 radical (unpaired) electrons. The highest BCUT2D eigenvalue weighted by atomic mass is 16.5. The SMILES string of the molecule is COc1ccc2cc(CN3CCN(C(=O)c4ccccc4)CC3)c(=O)[nH]c2c1. The summed E-state index contributed by atoms with van der Waals surface area (Å²) in [6, 6.07) is 17.0. The first kappa shape index (κ1) is 18.3. The quantitative estimate of drug-likeness (QED) is 0.759. The largest absolute Gasteiger partial charge is 0.497 e. The summed E-state index contributed by atoms with van der Waals surface area (Å²) in [7, 11) is 1.61. The summed E-state index contributed by atoms with van der Waals surface area (Å²) in [5, 5.41) is 0.980. The van der Waals surface area contributed by atoms with E-state index in [1.54, 1.807) is 7.11 Å². The summed E-state index contributed by atoms with van der Waals surface area (Å²) < 4.78 is 5.21. The van der Waals surface area contributed by atoms with Gasteiger partial charge in [-0.1, -0.05) is 18.2 Å². The lowest BCUT2D eigenvalue weighted by Crippen LogP contribution is -2.48. The van der Waals surface area contributed by atoms with Crippen LogP contribution in [0.5, 0.6) is 5.75 Å². The van der Waals surface area contributed by atoms with Crippen LogP contribution in [0.3, 0.4) is 0 Å². The van der Waals surface area contributed by atoms with E-state index in [4.69, 9.17) is 4.74 Å².